The molecule has 2 rings (SSSR count). The van der Waals surface area contributed by atoms with E-state index in [2.05, 4.69) is 10.0 Å². The zero-order chi connectivity index (χ0) is 21.4. The van der Waals surface area contributed by atoms with Crippen LogP contribution in [0.3, 0.4) is 0 Å². The lowest BCUT2D eigenvalue weighted by atomic mass is 10.2. The predicted octanol–water partition coefficient (Wildman–Crippen LogP) is 1.77. The first kappa shape index (κ1) is 22.0. The van der Waals surface area contributed by atoms with Crippen LogP contribution in [-0.4, -0.2) is 45.2 Å². The minimum atomic E-state index is -3.90. The Labute approximate surface area is 168 Å². The Balaban J connectivity index is 2.10. The Bertz CT molecular complexity index is 990. The van der Waals surface area contributed by atoms with E-state index >= 15 is 0 Å². The molecule has 29 heavy (non-hydrogen) atoms. The summed E-state index contributed by atoms with van der Waals surface area (Å²) in [5.74, 6) is -0.784. The second-order valence-corrected chi connectivity index (χ2v) is 7.67. The number of aryl methyl sites for hydroxylation is 1. The van der Waals surface area contributed by atoms with Gasteiger partial charge < -0.3 is 19.9 Å². The summed E-state index contributed by atoms with van der Waals surface area (Å²) in [6, 6.07) is 10.3. The molecule has 0 saturated heterocycles. The second kappa shape index (κ2) is 9.78. The van der Waals surface area contributed by atoms with Crippen molar-refractivity contribution in [1.82, 2.24) is 5.32 Å². The van der Waals surface area contributed by atoms with E-state index in [1.54, 1.807) is 32.0 Å². The number of likely N-dealkylation sites (N-methyl/N-ethyl adjacent to an activating group) is 1. The number of carbonyl (C=O) groups is 2. The van der Waals surface area contributed by atoms with Gasteiger partial charge in [-0.1, -0.05) is 6.07 Å². The number of carbonyl (C=O) groups excluding carboxylic acids is 1. The fourth-order valence-electron chi connectivity index (χ4n) is 2.35. The van der Waals surface area contributed by atoms with E-state index in [9.17, 15) is 18.0 Å². The number of carboxylic acid groups (broad SMARTS) is 1. The molecule has 0 heterocycles. The first-order valence-electron chi connectivity index (χ1n) is 8.69. The summed E-state index contributed by atoms with van der Waals surface area (Å²) in [6.45, 7) is 3.20. The van der Waals surface area contributed by atoms with Gasteiger partial charge in [-0.25, -0.2) is 13.2 Å². The van der Waals surface area contributed by atoms with Gasteiger partial charge in [-0.3, -0.25) is 9.52 Å². The van der Waals surface area contributed by atoms with Crippen molar-refractivity contribution in [3.05, 3.63) is 48.0 Å². The highest BCUT2D eigenvalue weighted by atomic mass is 32.2. The fourth-order valence-corrected chi connectivity index (χ4v) is 3.49. The fraction of sp³-hybridized carbons (Fsp3) is 0.263. The first-order valence-corrected chi connectivity index (χ1v) is 10.2. The number of anilines is 1. The average Bonchev–Trinajstić information content (AvgIpc) is 2.65. The average molecular weight is 422 g/mol. The number of amides is 1. The Morgan fingerprint density at radius 1 is 1.07 bits per heavy atom. The third-order valence-electron chi connectivity index (χ3n) is 3.64. The van der Waals surface area contributed by atoms with Gasteiger partial charge >= 0.3 is 5.97 Å². The Morgan fingerprint density at radius 2 is 1.83 bits per heavy atom. The molecule has 0 fully saturated rings. The Kier molecular flexibility index (Phi) is 7.43. The molecule has 0 atom stereocenters. The van der Waals surface area contributed by atoms with Crippen LogP contribution in [0.2, 0.25) is 0 Å². The number of rotatable bonds is 10. The van der Waals surface area contributed by atoms with Crippen LogP contribution in [0.4, 0.5) is 5.69 Å². The summed E-state index contributed by atoms with van der Waals surface area (Å²) in [7, 11) is -3.90. The lowest BCUT2D eigenvalue weighted by Crippen LogP contribution is -2.28. The zero-order valence-electron chi connectivity index (χ0n) is 16.0. The standard InChI is InChI=1S/C19H22N2O7S/c1-3-20-18(22)11-27-15-6-4-5-14(10-15)21-29(25,26)16-7-8-17(13(2)9-16)28-12-19(23)24/h4-10,21H,3,11-12H2,1-2H3,(H,20,22)(H,23,24). The van der Waals surface area contributed by atoms with Gasteiger partial charge in [-0.2, -0.15) is 0 Å². The van der Waals surface area contributed by atoms with Gasteiger partial charge in [-0.05, 0) is 49.7 Å². The number of nitrogens with one attached hydrogen (secondary N) is 2. The molecular weight excluding hydrogens is 400 g/mol. The molecule has 0 spiro atoms. The zero-order valence-corrected chi connectivity index (χ0v) is 16.8. The topological polar surface area (TPSA) is 131 Å². The maximum absolute atomic E-state index is 12.6. The van der Waals surface area contributed by atoms with E-state index in [-0.39, 0.29) is 28.8 Å². The molecule has 156 valence electrons. The van der Waals surface area contributed by atoms with Crippen molar-refractivity contribution < 1.29 is 32.6 Å². The molecule has 0 aliphatic carbocycles. The molecule has 0 bridgehead atoms. The summed E-state index contributed by atoms with van der Waals surface area (Å²) in [4.78, 5) is 22.1. The smallest absolute Gasteiger partial charge is 0.341 e. The van der Waals surface area contributed by atoms with Crippen molar-refractivity contribution in [1.29, 1.82) is 0 Å². The van der Waals surface area contributed by atoms with Gasteiger partial charge in [0.25, 0.3) is 15.9 Å². The number of carboxylic acids is 1. The highest BCUT2D eigenvalue weighted by Gasteiger charge is 2.16. The summed E-state index contributed by atoms with van der Waals surface area (Å²) in [5.41, 5.74) is 0.746. The first-order chi connectivity index (χ1) is 13.7. The van der Waals surface area contributed by atoms with E-state index in [0.29, 0.717) is 17.9 Å². The van der Waals surface area contributed by atoms with Gasteiger partial charge in [0.05, 0.1) is 10.6 Å². The molecule has 2 aromatic carbocycles. The van der Waals surface area contributed by atoms with Gasteiger partial charge in [0.1, 0.15) is 11.5 Å². The Morgan fingerprint density at radius 3 is 2.48 bits per heavy atom. The number of aliphatic carboxylic acids is 1. The molecule has 0 aliphatic heterocycles. The van der Waals surface area contributed by atoms with Crippen LogP contribution < -0.4 is 19.5 Å². The SMILES string of the molecule is CCNC(=O)COc1cccc(NS(=O)(=O)c2ccc(OCC(=O)O)c(C)c2)c1. The molecule has 0 radical (unpaired) electrons. The van der Waals surface area contributed by atoms with Crippen LogP contribution >= 0.6 is 0 Å². The minimum Gasteiger partial charge on any atom is -0.484 e. The molecule has 9 nitrogen and oxygen atoms in total. The molecule has 3 N–H and O–H groups in total. The van der Waals surface area contributed by atoms with Crippen LogP contribution in [0.25, 0.3) is 0 Å². The third kappa shape index (κ3) is 6.68. The summed E-state index contributed by atoms with van der Waals surface area (Å²) in [6.07, 6.45) is 0. The van der Waals surface area contributed by atoms with Crippen LogP contribution in [0, 0.1) is 6.92 Å². The molecule has 0 saturated carbocycles. The van der Waals surface area contributed by atoms with Crippen molar-refractivity contribution in [3.63, 3.8) is 0 Å². The largest absolute Gasteiger partial charge is 0.484 e. The van der Waals surface area contributed by atoms with Crippen molar-refractivity contribution >= 4 is 27.6 Å². The van der Waals surface area contributed by atoms with Crippen LogP contribution in [0.5, 0.6) is 11.5 Å². The van der Waals surface area contributed by atoms with Crippen molar-refractivity contribution in [2.45, 2.75) is 18.7 Å². The quantitative estimate of drug-likeness (QED) is 0.532. The molecule has 0 aliphatic rings. The number of sulfonamides is 1. The van der Waals surface area contributed by atoms with Crippen molar-refractivity contribution in [2.75, 3.05) is 24.5 Å². The predicted molar refractivity (Wildman–Crippen MR) is 106 cm³/mol. The van der Waals surface area contributed by atoms with Gasteiger partial charge in [0, 0.05) is 12.6 Å². The van der Waals surface area contributed by atoms with E-state index < -0.39 is 22.6 Å². The lowest BCUT2D eigenvalue weighted by Gasteiger charge is -2.12. The summed E-state index contributed by atoms with van der Waals surface area (Å²) >= 11 is 0. The number of hydrogen-bond donors (Lipinski definition) is 3. The Hall–Kier alpha value is -3.27. The van der Waals surface area contributed by atoms with Crippen LogP contribution in [-0.2, 0) is 19.6 Å². The van der Waals surface area contributed by atoms with E-state index in [4.69, 9.17) is 14.6 Å². The summed E-state index contributed by atoms with van der Waals surface area (Å²) in [5, 5.41) is 11.3. The molecular formula is C19H22N2O7S. The van der Waals surface area contributed by atoms with E-state index in [1.807, 2.05) is 0 Å². The van der Waals surface area contributed by atoms with E-state index in [0.717, 1.165) is 0 Å². The molecule has 0 unspecified atom stereocenters. The maximum atomic E-state index is 12.6. The molecule has 2 aromatic rings. The van der Waals surface area contributed by atoms with Gasteiger partial charge in [0.15, 0.2) is 13.2 Å². The lowest BCUT2D eigenvalue weighted by molar-refractivity contribution is -0.139. The monoisotopic (exact) mass is 422 g/mol. The second-order valence-electron chi connectivity index (χ2n) is 5.99. The maximum Gasteiger partial charge on any atom is 0.341 e. The van der Waals surface area contributed by atoms with Crippen LogP contribution in [0.1, 0.15) is 12.5 Å². The van der Waals surface area contributed by atoms with Crippen molar-refractivity contribution in [2.24, 2.45) is 0 Å². The molecule has 1 amide bonds. The number of benzene rings is 2. The highest BCUT2D eigenvalue weighted by molar-refractivity contribution is 7.92. The minimum absolute atomic E-state index is 0.00804. The van der Waals surface area contributed by atoms with Crippen LogP contribution in [0.15, 0.2) is 47.4 Å². The summed E-state index contributed by atoms with van der Waals surface area (Å²) < 4.78 is 38.2. The highest BCUT2D eigenvalue weighted by Crippen LogP contribution is 2.25. The number of ether oxygens (including phenoxy) is 2. The van der Waals surface area contributed by atoms with Gasteiger partial charge in [-0.15, -0.1) is 0 Å². The normalized spacial score (nSPS) is 10.8. The van der Waals surface area contributed by atoms with Crippen molar-refractivity contribution in [3.8, 4) is 11.5 Å². The molecule has 0 aromatic heterocycles. The number of hydrogen-bond acceptors (Lipinski definition) is 6. The molecule has 10 heteroatoms. The third-order valence-corrected chi connectivity index (χ3v) is 5.02. The van der Waals surface area contributed by atoms with Gasteiger partial charge in [0.2, 0.25) is 0 Å². The van der Waals surface area contributed by atoms with E-state index in [1.165, 1.54) is 24.3 Å².